The maximum absolute atomic E-state index is 12.6. The van der Waals surface area contributed by atoms with Gasteiger partial charge in [0.05, 0.1) is 6.04 Å². The number of hydrogen-bond acceptors (Lipinski definition) is 2. The van der Waals surface area contributed by atoms with E-state index in [0.29, 0.717) is 0 Å². The Balaban J connectivity index is 2.13. The topological polar surface area (TPSA) is 29.5 Å². The van der Waals surface area contributed by atoms with Crippen molar-refractivity contribution in [3.8, 4) is 0 Å². The predicted molar refractivity (Wildman–Crippen MR) is 57.8 cm³/mol. The summed E-state index contributed by atoms with van der Waals surface area (Å²) in [5.41, 5.74) is 0.768. The van der Waals surface area contributed by atoms with Crippen LogP contribution in [0, 0.1) is 0 Å². The lowest BCUT2D eigenvalue weighted by Crippen LogP contribution is -2.40. The molecule has 0 spiro atoms. The molecular weight excluding hydrogens is 247 g/mol. The summed E-state index contributed by atoms with van der Waals surface area (Å²) in [5, 5.41) is 0. The summed E-state index contributed by atoms with van der Waals surface area (Å²) < 4.78 is 42.2. The van der Waals surface area contributed by atoms with Gasteiger partial charge in [-0.15, -0.1) is 0 Å². The van der Waals surface area contributed by atoms with Crippen LogP contribution in [0.3, 0.4) is 0 Å². The van der Waals surface area contributed by atoms with Gasteiger partial charge in [-0.25, -0.2) is 4.79 Å². The molecule has 0 radical (unpaired) electrons. The Morgan fingerprint density at radius 2 is 1.89 bits per heavy atom. The first-order valence-electron chi connectivity index (χ1n) is 5.47. The van der Waals surface area contributed by atoms with Crippen LogP contribution in [-0.4, -0.2) is 29.3 Å². The summed E-state index contributed by atoms with van der Waals surface area (Å²) in [6.45, 7) is 1.46. The maximum Gasteiger partial charge on any atom is 0.427 e. The molecule has 0 aliphatic carbocycles. The van der Waals surface area contributed by atoms with Crippen molar-refractivity contribution in [1.82, 2.24) is 4.90 Å². The summed E-state index contributed by atoms with van der Waals surface area (Å²) in [6.07, 6.45) is -7.50. The minimum absolute atomic E-state index is 0.118. The van der Waals surface area contributed by atoms with Crippen molar-refractivity contribution < 1.29 is 22.7 Å². The normalized spacial score (nSPS) is 24.2. The number of cyclic esters (lactones) is 1. The molecule has 0 saturated carbocycles. The molecule has 0 unspecified atom stereocenters. The third-order valence-corrected chi connectivity index (χ3v) is 2.91. The number of rotatable bonds is 2. The lowest BCUT2D eigenvalue weighted by atomic mass is 10.1. The molecule has 1 aliphatic heterocycles. The molecule has 3 nitrogen and oxygen atoms in total. The quantitative estimate of drug-likeness (QED) is 0.817. The molecule has 0 bridgehead atoms. The van der Waals surface area contributed by atoms with Crippen molar-refractivity contribution in [2.75, 3.05) is 0 Å². The van der Waals surface area contributed by atoms with Gasteiger partial charge in [-0.3, -0.25) is 4.90 Å². The van der Waals surface area contributed by atoms with Gasteiger partial charge >= 0.3 is 12.3 Å². The number of hydrogen-bond donors (Lipinski definition) is 0. The highest BCUT2D eigenvalue weighted by molar-refractivity contribution is 5.70. The van der Waals surface area contributed by atoms with E-state index in [0.717, 1.165) is 10.5 Å². The Hall–Kier alpha value is -1.72. The van der Waals surface area contributed by atoms with E-state index in [1.807, 2.05) is 0 Å². The monoisotopic (exact) mass is 259 g/mol. The molecule has 1 aromatic rings. The summed E-state index contributed by atoms with van der Waals surface area (Å²) in [5.74, 6) is 0. The van der Waals surface area contributed by atoms with Crippen molar-refractivity contribution in [3.05, 3.63) is 35.9 Å². The molecule has 1 amide bonds. The smallest absolute Gasteiger partial charge is 0.427 e. The average molecular weight is 259 g/mol. The second-order valence-electron chi connectivity index (χ2n) is 4.20. The molecule has 0 N–H and O–H groups in total. The molecule has 98 valence electrons. The lowest BCUT2D eigenvalue weighted by Gasteiger charge is -2.21. The Kier molecular flexibility index (Phi) is 3.19. The predicted octanol–water partition coefficient (Wildman–Crippen LogP) is 2.96. The van der Waals surface area contributed by atoms with Crippen molar-refractivity contribution in [1.29, 1.82) is 0 Å². The van der Waals surface area contributed by atoms with E-state index >= 15 is 0 Å². The minimum atomic E-state index is -4.53. The first-order valence-corrected chi connectivity index (χ1v) is 5.47. The van der Waals surface area contributed by atoms with E-state index in [9.17, 15) is 18.0 Å². The zero-order valence-corrected chi connectivity index (χ0v) is 9.65. The SMILES string of the molecule is C[C@H]1[C@H](C(F)(F)F)OC(=O)N1Cc1ccccc1. The molecule has 2 atom stereocenters. The van der Waals surface area contributed by atoms with Gasteiger partial charge in [-0.2, -0.15) is 13.2 Å². The second-order valence-corrected chi connectivity index (χ2v) is 4.20. The molecule has 1 aromatic carbocycles. The fourth-order valence-electron chi connectivity index (χ4n) is 1.93. The minimum Gasteiger partial charge on any atom is -0.434 e. The largest absolute Gasteiger partial charge is 0.434 e. The average Bonchev–Trinajstić information content (AvgIpc) is 2.58. The van der Waals surface area contributed by atoms with E-state index in [2.05, 4.69) is 4.74 Å². The maximum atomic E-state index is 12.6. The Morgan fingerprint density at radius 1 is 1.28 bits per heavy atom. The third kappa shape index (κ3) is 2.42. The van der Waals surface area contributed by atoms with Crippen LogP contribution in [0.4, 0.5) is 18.0 Å². The van der Waals surface area contributed by atoms with Gasteiger partial charge in [-0.05, 0) is 12.5 Å². The van der Waals surface area contributed by atoms with Gasteiger partial charge in [0, 0.05) is 6.54 Å². The molecule has 18 heavy (non-hydrogen) atoms. The van der Waals surface area contributed by atoms with E-state index in [1.165, 1.54) is 6.92 Å². The molecule has 1 fully saturated rings. The lowest BCUT2D eigenvalue weighted by molar-refractivity contribution is -0.199. The van der Waals surface area contributed by atoms with E-state index in [1.54, 1.807) is 30.3 Å². The zero-order valence-electron chi connectivity index (χ0n) is 9.65. The number of carbonyl (C=O) groups excluding carboxylic acids is 1. The van der Waals surface area contributed by atoms with Gasteiger partial charge < -0.3 is 4.74 Å². The summed E-state index contributed by atoms with van der Waals surface area (Å²) in [4.78, 5) is 12.5. The van der Waals surface area contributed by atoms with E-state index < -0.39 is 24.4 Å². The first kappa shape index (κ1) is 12.7. The highest BCUT2D eigenvalue weighted by Gasteiger charge is 2.54. The fraction of sp³-hybridized carbons (Fsp3) is 0.417. The molecule has 2 rings (SSSR count). The number of ether oxygens (including phenoxy) is 1. The standard InChI is InChI=1S/C12H12F3NO2/c1-8-10(12(13,14)15)18-11(17)16(8)7-9-5-3-2-4-6-9/h2-6,8,10H,7H2,1H3/t8-,10+/m0/s1. The Bertz CT molecular complexity index is 433. The number of alkyl halides is 3. The molecular formula is C12H12F3NO2. The third-order valence-electron chi connectivity index (χ3n) is 2.91. The van der Waals surface area contributed by atoms with Crippen LogP contribution < -0.4 is 0 Å². The molecule has 1 aliphatic rings. The van der Waals surface area contributed by atoms with Crippen LogP contribution in [0.2, 0.25) is 0 Å². The Labute approximate surface area is 102 Å². The number of nitrogens with zero attached hydrogens (tertiary/aromatic N) is 1. The van der Waals surface area contributed by atoms with Crippen LogP contribution in [0.25, 0.3) is 0 Å². The van der Waals surface area contributed by atoms with Gasteiger partial charge in [0.1, 0.15) is 0 Å². The van der Waals surface area contributed by atoms with E-state index in [4.69, 9.17) is 0 Å². The summed E-state index contributed by atoms with van der Waals surface area (Å²) in [6, 6.07) is 7.82. The molecule has 0 aromatic heterocycles. The molecule has 1 saturated heterocycles. The van der Waals surface area contributed by atoms with Crippen LogP contribution in [0.5, 0.6) is 0 Å². The number of halogens is 3. The van der Waals surface area contributed by atoms with Crippen molar-refractivity contribution in [2.24, 2.45) is 0 Å². The van der Waals surface area contributed by atoms with E-state index in [-0.39, 0.29) is 6.54 Å². The van der Waals surface area contributed by atoms with Gasteiger partial charge in [0.2, 0.25) is 6.10 Å². The van der Waals surface area contributed by atoms with Crippen LogP contribution >= 0.6 is 0 Å². The van der Waals surface area contributed by atoms with Crippen LogP contribution in [0.15, 0.2) is 30.3 Å². The summed E-state index contributed by atoms with van der Waals surface area (Å²) in [7, 11) is 0. The van der Waals surface area contributed by atoms with Gasteiger partial charge in [0.25, 0.3) is 0 Å². The van der Waals surface area contributed by atoms with Crippen molar-refractivity contribution >= 4 is 6.09 Å². The first-order chi connectivity index (χ1) is 8.39. The number of amides is 1. The Morgan fingerprint density at radius 3 is 2.39 bits per heavy atom. The highest BCUT2D eigenvalue weighted by Crippen LogP contribution is 2.33. The summed E-state index contributed by atoms with van der Waals surface area (Å²) >= 11 is 0. The highest BCUT2D eigenvalue weighted by atomic mass is 19.4. The molecule has 6 heteroatoms. The molecule has 1 heterocycles. The number of carbonyl (C=O) groups is 1. The van der Waals surface area contributed by atoms with Crippen molar-refractivity contribution in [2.45, 2.75) is 31.8 Å². The van der Waals surface area contributed by atoms with Crippen LogP contribution in [0.1, 0.15) is 12.5 Å². The second kappa shape index (κ2) is 4.51. The van der Waals surface area contributed by atoms with Gasteiger partial charge in [-0.1, -0.05) is 30.3 Å². The zero-order chi connectivity index (χ0) is 13.3. The van der Waals surface area contributed by atoms with Gasteiger partial charge in [0.15, 0.2) is 0 Å². The fourth-order valence-corrected chi connectivity index (χ4v) is 1.93. The number of benzene rings is 1. The van der Waals surface area contributed by atoms with Crippen LogP contribution in [-0.2, 0) is 11.3 Å². The van der Waals surface area contributed by atoms with Crippen molar-refractivity contribution in [3.63, 3.8) is 0 Å².